The van der Waals surface area contributed by atoms with Crippen molar-refractivity contribution in [1.29, 1.82) is 0 Å². The Labute approximate surface area is 111 Å². The average Bonchev–Trinajstić information content (AvgIpc) is 2.35. The van der Waals surface area contributed by atoms with Crippen molar-refractivity contribution in [2.75, 3.05) is 23.7 Å². The highest BCUT2D eigenvalue weighted by atomic mass is 16.4. The van der Waals surface area contributed by atoms with Crippen LogP contribution in [-0.4, -0.2) is 36.1 Å². The second kappa shape index (κ2) is 4.79. The predicted molar refractivity (Wildman–Crippen MR) is 72.4 cm³/mol. The number of hydrogen-bond acceptors (Lipinski definition) is 4. The quantitative estimate of drug-likeness (QED) is 0.679. The Morgan fingerprint density at radius 3 is 2.84 bits per heavy atom. The molecule has 1 fully saturated rings. The predicted octanol–water partition coefficient (Wildman–Crippen LogP) is 0.600. The van der Waals surface area contributed by atoms with Crippen molar-refractivity contribution in [3.63, 3.8) is 0 Å². The Balaban J connectivity index is 2.45. The molecule has 1 aliphatic rings. The molecule has 0 saturated carbocycles. The molecule has 1 unspecified atom stereocenters. The molecule has 1 amide bonds. The summed E-state index contributed by atoms with van der Waals surface area (Å²) in [6, 6.07) is 3.02. The number of amides is 1. The molecule has 1 saturated heterocycles. The van der Waals surface area contributed by atoms with E-state index >= 15 is 0 Å². The van der Waals surface area contributed by atoms with Gasteiger partial charge in [0.1, 0.15) is 6.04 Å². The van der Waals surface area contributed by atoms with Crippen LogP contribution in [0.4, 0.5) is 11.4 Å². The first-order valence-electron chi connectivity index (χ1n) is 6.09. The van der Waals surface area contributed by atoms with Gasteiger partial charge < -0.3 is 21.1 Å². The Morgan fingerprint density at radius 2 is 2.21 bits per heavy atom. The summed E-state index contributed by atoms with van der Waals surface area (Å²) in [6.45, 7) is 4.75. The van der Waals surface area contributed by atoms with E-state index in [0.717, 1.165) is 0 Å². The van der Waals surface area contributed by atoms with E-state index in [4.69, 9.17) is 10.8 Å². The number of nitrogen functional groups attached to an aromatic ring is 1. The van der Waals surface area contributed by atoms with Gasteiger partial charge in [-0.3, -0.25) is 4.79 Å². The Morgan fingerprint density at radius 1 is 1.53 bits per heavy atom. The summed E-state index contributed by atoms with van der Waals surface area (Å²) in [5.41, 5.74) is 7.53. The number of nitrogens with one attached hydrogen (secondary N) is 1. The second-order valence-electron chi connectivity index (χ2n) is 4.69. The molecule has 0 bridgehead atoms. The van der Waals surface area contributed by atoms with Crippen molar-refractivity contribution in [3.05, 3.63) is 23.3 Å². The van der Waals surface area contributed by atoms with Crippen LogP contribution >= 0.6 is 0 Å². The molecule has 1 aliphatic heterocycles. The topological polar surface area (TPSA) is 95.7 Å². The maximum Gasteiger partial charge on any atom is 0.337 e. The fraction of sp³-hybridized carbons (Fsp3) is 0.385. The zero-order chi connectivity index (χ0) is 14.2. The minimum absolute atomic E-state index is 0.0578. The summed E-state index contributed by atoms with van der Waals surface area (Å²) in [5.74, 6) is -1.12. The van der Waals surface area contributed by atoms with Gasteiger partial charge in [-0.05, 0) is 31.5 Å². The first-order valence-corrected chi connectivity index (χ1v) is 6.09. The molecule has 0 aromatic heterocycles. The highest BCUT2D eigenvalue weighted by Gasteiger charge is 2.26. The lowest BCUT2D eigenvalue weighted by Crippen LogP contribution is -2.54. The van der Waals surface area contributed by atoms with Crippen LogP contribution in [0.5, 0.6) is 0 Å². The number of carboxylic acids is 1. The molecule has 0 aliphatic carbocycles. The number of anilines is 2. The van der Waals surface area contributed by atoms with E-state index in [9.17, 15) is 9.59 Å². The number of benzene rings is 1. The van der Waals surface area contributed by atoms with Crippen molar-refractivity contribution in [2.24, 2.45) is 0 Å². The maximum absolute atomic E-state index is 11.7. The van der Waals surface area contributed by atoms with Gasteiger partial charge in [-0.2, -0.15) is 0 Å². The Hall–Kier alpha value is -2.24. The first-order chi connectivity index (χ1) is 8.91. The SMILES string of the molecule is Cc1cc(N2CCNC(=O)C2C)cc(C(=O)O)c1N. The summed E-state index contributed by atoms with van der Waals surface area (Å²) in [6.07, 6.45) is 0. The van der Waals surface area contributed by atoms with Gasteiger partial charge in [0.2, 0.25) is 5.91 Å². The first kappa shape index (κ1) is 13.2. The highest BCUT2D eigenvalue weighted by Crippen LogP contribution is 2.27. The van der Waals surface area contributed by atoms with Gasteiger partial charge in [-0.15, -0.1) is 0 Å². The van der Waals surface area contributed by atoms with E-state index in [1.165, 1.54) is 6.07 Å². The largest absolute Gasteiger partial charge is 0.478 e. The third-order valence-corrected chi connectivity index (χ3v) is 3.43. The number of carboxylic acid groups (broad SMARTS) is 1. The molecule has 102 valence electrons. The zero-order valence-corrected chi connectivity index (χ0v) is 10.9. The fourth-order valence-corrected chi connectivity index (χ4v) is 2.26. The number of hydrogen-bond donors (Lipinski definition) is 3. The summed E-state index contributed by atoms with van der Waals surface area (Å²) < 4.78 is 0. The number of nitrogens with two attached hydrogens (primary N) is 1. The molecule has 1 aromatic carbocycles. The van der Waals surface area contributed by atoms with Crippen LogP contribution in [0.2, 0.25) is 0 Å². The van der Waals surface area contributed by atoms with Crippen LogP contribution in [0.1, 0.15) is 22.8 Å². The minimum Gasteiger partial charge on any atom is -0.478 e. The molecule has 2 rings (SSSR count). The number of piperazine rings is 1. The zero-order valence-electron chi connectivity index (χ0n) is 10.9. The lowest BCUT2D eigenvalue weighted by Gasteiger charge is -2.35. The summed E-state index contributed by atoms with van der Waals surface area (Å²) in [4.78, 5) is 24.7. The van der Waals surface area contributed by atoms with Crippen LogP contribution in [0, 0.1) is 6.92 Å². The maximum atomic E-state index is 11.7. The van der Waals surface area contributed by atoms with Crippen molar-refractivity contribution in [2.45, 2.75) is 19.9 Å². The molecule has 0 spiro atoms. The number of nitrogens with zero attached hydrogens (tertiary/aromatic N) is 1. The molecule has 6 heteroatoms. The van der Waals surface area contributed by atoms with E-state index < -0.39 is 5.97 Å². The number of carbonyl (C=O) groups excluding carboxylic acids is 1. The molecule has 4 N–H and O–H groups in total. The van der Waals surface area contributed by atoms with Crippen LogP contribution in [0.25, 0.3) is 0 Å². The molecule has 1 aromatic rings. The van der Waals surface area contributed by atoms with Crippen molar-refractivity contribution in [3.8, 4) is 0 Å². The minimum atomic E-state index is -1.06. The van der Waals surface area contributed by atoms with Gasteiger partial charge in [-0.1, -0.05) is 0 Å². The Kier molecular flexibility index (Phi) is 3.33. The van der Waals surface area contributed by atoms with Crippen LogP contribution in [0.15, 0.2) is 12.1 Å². The smallest absolute Gasteiger partial charge is 0.337 e. The van der Waals surface area contributed by atoms with E-state index in [1.807, 2.05) is 11.0 Å². The highest BCUT2D eigenvalue weighted by molar-refractivity contribution is 5.96. The van der Waals surface area contributed by atoms with Crippen molar-refractivity contribution in [1.82, 2.24) is 5.32 Å². The standard InChI is InChI=1S/C13H17N3O3/c1-7-5-9(6-10(11(7)14)13(18)19)16-4-3-15-12(17)8(16)2/h5-6,8H,3-4,14H2,1-2H3,(H,15,17)(H,18,19). The van der Waals surface area contributed by atoms with Gasteiger partial charge in [0.15, 0.2) is 0 Å². The van der Waals surface area contributed by atoms with Crippen LogP contribution in [-0.2, 0) is 4.79 Å². The normalized spacial score (nSPS) is 19.2. The van der Waals surface area contributed by atoms with E-state index in [0.29, 0.717) is 24.3 Å². The number of rotatable bonds is 2. The third-order valence-electron chi connectivity index (χ3n) is 3.43. The third kappa shape index (κ3) is 2.33. The van der Waals surface area contributed by atoms with E-state index in [-0.39, 0.29) is 23.2 Å². The lowest BCUT2D eigenvalue weighted by molar-refractivity contribution is -0.122. The number of aromatic carboxylic acids is 1. The summed E-state index contributed by atoms with van der Waals surface area (Å²) in [5, 5.41) is 11.9. The molecule has 1 heterocycles. The number of carbonyl (C=O) groups is 2. The van der Waals surface area contributed by atoms with Gasteiger partial charge in [0.25, 0.3) is 0 Å². The Bertz CT molecular complexity index is 542. The van der Waals surface area contributed by atoms with E-state index in [2.05, 4.69) is 5.32 Å². The molecule has 6 nitrogen and oxygen atoms in total. The van der Waals surface area contributed by atoms with Gasteiger partial charge in [0, 0.05) is 24.5 Å². The van der Waals surface area contributed by atoms with Crippen LogP contribution < -0.4 is 16.0 Å². The molecular formula is C13H17N3O3. The van der Waals surface area contributed by atoms with Gasteiger partial charge in [-0.25, -0.2) is 4.79 Å². The molecule has 0 radical (unpaired) electrons. The molecule has 19 heavy (non-hydrogen) atoms. The van der Waals surface area contributed by atoms with Crippen LogP contribution in [0.3, 0.4) is 0 Å². The summed E-state index contributed by atoms with van der Waals surface area (Å²) >= 11 is 0. The lowest BCUT2D eigenvalue weighted by atomic mass is 10.0. The van der Waals surface area contributed by atoms with Gasteiger partial charge >= 0.3 is 5.97 Å². The monoisotopic (exact) mass is 263 g/mol. The summed E-state index contributed by atoms with van der Waals surface area (Å²) in [7, 11) is 0. The number of aryl methyl sites for hydroxylation is 1. The average molecular weight is 263 g/mol. The van der Waals surface area contributed by atoms with Crippen molar-refractivity contribution >= 4 is 23.3 Å². The van der Waals surface area contributed by atoms with Gasteiger partial charge in [0.05, 0.1) is 5.56 Å². The van der Waals surface area contributed by atoms with E-state index in [1.54, 1.807) is 13.8 Å². The second-order valence-corrected chi connectivity index (χ2v) is 4.69. The molecule has 1 atom stereocenters. The fourth-order valence-electron chi connectivity index (χ4n) is 2.26. The van der Waals surface area contributed by atoms with Crippen molar-refractivity contribution < 1.29 is 14.7 Å². The molecular weight excluding hydrogens is 246 g/mol.